The van der Waals surface area contributed by atoms with Crippen molar-refractivity contribution in [3.05, 3.63) is 29.8 Å². The van der Waals surface area contributed by atoms with Crippen LogP contribution in [-0.4, -0.2) is 18.2 Å². The number of hydrogen-bond acceptors (Lipinski definition) is 3. The lowest BCUT2D eigenvalue weighted by atomic mass is 10.2. The van der Waals surface area contributed by atoms with Crippen molar-refractivity contribution in [2.24, 2.45) is 0 Å². The summed E-state index contributed by atoms with van der Waals surface area (Å²) >= 11 is 0. The van der Waals surface area contributed by atoms with Crippen molar-refractivity contribution in [1.29, 1.82) is 0 Å². The topological polar surface area (TPSA) is 66.5 Å². The van der Waals surface area contributed by atoms with E-state index in [-0.39, 0.29) is 0 Å². The maximum Gasteiger partial charge on any atom is 0.337 e. The third-order valence-corrected chi connectivity index (χ3v) is 4.39. The van der Waals surface area contributed by atoms with Crippen LogP contribution in [0.5, 0.6) is 0 Å². The standard InChI is InChI=1S/C10H17NO2Si/c1-2-7-14(12,13)8-9-3-5-10(11)6-4-9/h3-6,12-13H,2,7-8,11H2,1H3. The van der Waals surface area contributed by atoms with Crippen LogP contribution in [0.2, 0.25) is 6.04 Å². The molecule has 0 aliphatic heterocycles. The Hall–Kier alpha value is -0.843. The highest BCUT2D eigenvalue weighted by atomic mass is 28.4. The SMILES string of the molecule is CCC[Si](O)(O)Cc1ccc(N)cc1. The van der Waals surface area contributed by atoms with E-state index in [1.807, 2.05) is 19.1 Å². The minimum absolute atomic E-state index is 0.390. The van der Waals surface area contributed by atoms with Crippen LogP contribution in [0.1, 0.15) is 18.9 Å². The molecule has 0 atom stereocenters. The summed E-state index contributed by atoms with van der Waals surface area (Å²) in [5, 5.41) is 0. The van der Waals surface area contributed by atoms with Gasteiger partial charge in [0, 0.05) is 11.7 Å². The zero-order valence-electron chi connectivity index (χ0n) is 8.40. The Morgan fingerprint density at radius 3 is 2.29 bits per heavy atom. The van der Waals surface area contributed by atoms with Gasteiger partial charge >= 0.3 is 8.56 Å². The molecule has 1 rings (SSSR count). The normalized spacial score (nSPS) is 11.6. The van der Waals surface area contributed by atoms with Crippen LogP contribution in [0.25, 0.3) is 0 Å². The van der Waals surface area contributed by atoms with E-state index < -0.39 is 8.56 Å². The second-order valence-corrected chi connectivity index (χ2v) is 6.47. The molecule has 0 unspecified atom stereocenters. The van der Waals surface area contributed by atoms with Crippen molar-refractivity contribution in [2.75, 3.05) is 5.73 Å². The first kappa shape index (κ1) is 11.2. The van der Waals surface area contributed by atoms with Gasteiger partial charge in [-0.25, -0.2) is 0 Å². The molecule has 0 bridgehead atoms. The van der Waals surface area contributed by atoms with Gasteiger partial charge in [0.15, 0.2) is 0 Å². The zero-order chi connectivity index (χ0) is 10.6. The lowest BCUT2D eigenvalue weighted by Gasteiger charge is -2.16. The summed E-state index contributed by atoms with van der Waals surface area (Å²) in [5.41, 5.74) is 7.19. The molecule has 1 aromatic carbocycles. The van der Waals surface area contributed by atoms with Gasteiger partial charge in [0.25, 0.3) is 0 Å². The van der Waals surface area contributed by atoms with Gasteiger partial charge in [0.1, 0.15) is 0 Å². The zero-order valence-corrected chi connectivity index (χ0v) is 9.40. The molecular weight excluding hydrogens is 194 g/mol. The molecule has 0 aliphatic rings. The minimum Gasteiger partial charge on any atom is -0.410 e. The van der Waals surface area contributed by atoms with Crippen LogP contribution in [0.4, 0.5) is 5.69 Å². The molecule has 1 aromatic rings. The molecule has 4 heteroatoms. The van der Waals surface area contributed by atoms with E-state index >= 15 is 0 Å². The number of benzene rings is 1. The average molecular weight is 211 g/mol. The molecule has 0 amide bonds. The maximum absolute atomic E-state index is 9.70. The van der Waals surface area contributed by atoms with E-state index in [2.05, 4.69) is 0 Å². The fraction of sp³-hybridized carbons (Fsp3) is 0.400. The van der Waals surface area contributed by atoms with Crippen molar-refractivity contribution in [2.45, 2.75) is 25.4 Å². The summed E-state index contributed by atoms with van der Waals surface area (Å²) in [7, 11) is -3.00. The lowest BCUT2D eigenvalue weighted by molar-refractivity contribution is 0.356. The van der Waals surface area contributed by atoms with Gasteiger partial charge in [0.2, 0.25) is 0 Å². The Balaban J connectivity index is 2.64. The number of anilines is 1. The van der Waals surface area contributed by atoms with Crippen LogP contribution < -0.4 is 5.73 Å². The highest BCUT2D eigenvalue weighted by molar-refractivity contribution is 6.64. The second kappa shape index (κ2) is 4.59. The summed E-state index contributed by atoms with van der Waals surface area (Å²) in [4.78, 5) is 19.4. The smallest absolute Gasteiger partial charge is 0.337 e. The van der Waals surface area contributed by atoms with Gasteiger partial charge in [-0.2, -0.15) is 0 Å². The maximum atomic E-state index is 9.70. The number of hydrogen-bond donors (Lipinski definition) is 3. The lowest BCUT2D eigenvalue weighted by Crippen LogP contribution is -2.37. The van der Waals surface area contributed by atoms with E-state index in [9.17, 15) is 9.59 Å². The fourth-order valence-corrected chi connectivity index (χ4v) is 3.32. The Labute approximate surface area is 85.4 Å². The van der Waals surface area contributed by atoms with Gasteiger partial charge in [0.05, 0.1) is 0 Å². The van der Waals surface area contributed by atoms with E-state index in [0.717, 1.165) is 12.0 Å². The molecule has 0 spiro atoms. The molecule has 3 nitrogen and oxygen atoms in total. The molecule has 0 saturated carbocycles. The second-order valence-electron chi connectivity index (χ2n) is 3.65. The number of rotatable bonds is 4. The fourth-order valence-electron chi connectivity index (χ4n) is 1.45. The highest BCUT2D eigenvalue weighted by Crippen LogP contribution is 2.14. The Kier molecular flexibility index (Phi) is 3.68. The summed E-state index contributed by atoms with van der Waals surface area (Å²) in [6.45, 7) is 1.96. The van der Waals surface area contributed by atoms with Gasteiger partial charge in [-0.15, -0.1) is 0 Å². The predicted molar refractivity (Wildman–Crippen MR) is 59.8 cm³/mol. The van der Waals surface area contributed by atoms with Gasteiger partial charge in [-0.1, -0.05) is 25.5 Å². The quantitative estimate of drug-likeness (QED) is 0.517. The Morgan fingerprint density at radius 1 is 1.21 bits per heavy atom. The predicted octanol–water partition coefficient (Wildman–Crippen LogP) is 1.19. The first-order chi connectivity index (χ1) is 6.53. The van der Waals surface area contributed by atoms with E-state index in [4.69, 9.17) is 5.73 Å². The number of nitrogen functional groups attached to an aromatic ring is 1. The van der Waals surface area contributed by atoms with Gasteiger partial charge in [-0.05, 0) is 23.7 Å². The van der Waals surface area contributed by atoms with Crippen molar-refractivity contribution in [1.82, 2.24) is 0 Å². The van der Waals surface area contributed by atoms with Crippen LogP contribution in [0, 0.1) is 0 Å². The molecule has 78 valence electrons. The van der Waals surface area contributed by atoms with Crippen molar-refractivity contribution in [3.63, 3.8) is 0 Å². The molecule has 0 heterocycles. The summed E-state index contributed by atoms with van der Waals surface area (Å²) < 4.78 is 0. The summed E-state index contributed by atoms with van der Waals surface area (Å²) in [5.74, 6) is 0. The Morgan fingerprint density at radius 2 is 1.79 bits per heavy atom. The van der Waals surface area contributed by atoms with Crippen molar-refractivity contribution >= 4 is 14.2 Å². The molecule has 0 aliphatic carbocycles. The number of nitrogens with two attached hydrogens (primary N) is 1. The minimum atomic E-state index is -3.00. The van der Waals surface area contributed by atoms with Crippen molar-refractivity contribution in [3.8, 4) is 0 Å². The molecular formula is C10H17NO2Si. The summed E-state index contributed by atoms with van der Waals surface area (Å²) in [6, 6.07) is 8.17. The van der Waals surface area contributed by atoms with Crippen molar-refractivity contribution < 1.29 is 9.59 Å². The van der Waals surface area contributed by atoms with E-state index in [0.29, 0.717) is 17.8 Å². The van der Waals surface area contributed by atoms with E-state index in [1.54, 1.807) is 12.1 Å². The molecule has 0 fully saturated rings. The van der Waals surface area contributed by atoms with Crippen LogP contribution in [-0.2, 0) is 6.04 Å². The molecule has 14 heavy (non-hydrogen) atoms. The van der Waals surface area contributed by atoms with Crippen LogP contribution >= 0.6 is 0 Å². The highest BCUT2D eigenvalue weighted by Gasteiger charge is 2.27. The van der Waals surface area contributed by atoms with Gasteiger partial charge in [-0.3, -0.25) is 0 Å². The summed E-state index contributed by atoms with van der Waals surface area (Å²) in [6.07, 6.45) is 0.814. The third-order valence-electron chi connectivity index (χ3n) is 2.12. The van der Waals surface area contributed by atoms with E-state index in [1.165, 1.54) is 0 Å². The third kappa shape index (κ3) is 3.49. The van der Waals surface area contributed by atoms with Crippen LogP contribution in [0.3, 0.4) is 0 Å². The molecule has 0 radical (unpaired) electrons. The average Bonchev–Trinajstić information content (AvgIpc) is 2.08. The molecule has 0 saturated heterocycles. The first-order valence-electron chi connectivity index (χ1n) is 4.83. The molecule has 4 N–H and O–H groups in total. The largest absolute Gasteiger partial charge is 0.410 e. The Bertz CT molecular complexity index is 285. The first-order valence-corrected chi connectivity index (χ1v) is 7.13. The van der Waals surface area contributed by atoms with Crippen LogP contribution in [0.15, 0.2) is 24.3 Å². The monoisotopic (exact) mass is 211 g/mol. The molecule has 0 aromatic heterocycles. The van der Waals surface area contributed by atoms with Gasteiger partial charge < -0.3 is 15.3 Å².